The summed E-state index contributed by atoms with van der Waals surface area (Å²) in [5, 5.41) is 5.94. The van der Waals surface area contributed by atoms with Crippen LogP contribution in [0.1, 0.15) is 30.5 Å². The fourth-order valence-corrected chi connectivity index (χ4v) is 3.31. The molecule has 1 aromatic heterocycles. The highest BCUT2D eigenvalue weighted by atomic mass is 32.2. The molecule has 1 heterocycles. The van der Waals surface area contributed by atoms with Crippen LogP contribution in [0, 0.1) is 6.92 Å². The highest BCUT2D eigenvalue weighted by Gasteiger charge is 2.17. The fourth-order valence-electron chi connectivity index (χ4n) is 1.60. The van der Waals surface area contributed by atoms with Crippen molar-refractivity contribution in [2.24, 2.45) is 0 Å². The number of aryl methyl sites for hydroxylation is 1. The van der Waals surface area contributed by atoms with Crippen LogP contribution >= 0.6 is 11.3 Å². The van der Waals surface area contributed by atoms with E-state index in [1.807, 2.05) is 12.3 Å². The number of nitrogens with one attached hydrogen (secondary N) is 2. The number of rotatable bonds is 10. The lowest BCUT2D eigenvalue weighted by Gasteiger charge is -2.17. The Labute approximate surface area is 125 Å². The van der Waals surface area contributed by atoms with Gasteiger partial charge in [0.25, 0.3) is 10.2 Å². The van der Waals surface area contributed by atoms with Gasteiger partial charge in [-0.15, -0.1) is 11.3 Å². The first-order valence-corrected chi connectivity index (χ1v) is 9.10. The molecule has 1 aromatic rings. The first-order valence-electron chi connectivity index (χ1n) is 6.78. The second kappa shape index (κ2) is 8.68. The summed E-state index contributed by atoms with van der Waals surface area (Å²) in [7, 11) is -1.83. The van der Waals surface area contributed by atoms with Crippen LogP contribution in [0.5, 0.6) is 0 Å². The van der Waals surface area contributed by atoms with Crippen LogP contribution < -0.4 is 10.0 Å². The molecular formula is C12H24N4O2S2. The fraction of sp³-hybridized carbons (Fsp3) is 0.750. The molecule has 2 N–H and O–H groups in total. The van der Waals surface area contributed by atoms with E-state index in [0.717, 1.165) is 36.6 Å². The Morgan fingerprint density at radius 2 is 2.15 bits per heavy atom. The summed E-state index contributed by atoms with van der Waals surface area (Å²) in [4.78, 5) is 4.23. The maximum Gasteiger partial charge on any atom is 0.279 e. The van der Waals surface area contributed by atoms with E-state index in [2.05, 4.69) is 21.9 Å². The number of thiazole rings is 1. The molecule has 0 fully saturated rings. The van der Waals surface area contributed by atoms with Crippen molar-refractivity contribution < 1.29 is 8.42 Å². The molecule has 0 aliphatic carbocycles. The first kappa shape index (κ1) is 17.5. The average Bonchev–Trinajstić information content (AvgIpc) is 2.82. The van der Waals surface area contributed by atoms with E-state index in [1.165, 1.54) is 15.6 Å². The summed E-state index contributed by atoms with van der Waals surface area (Å²) in [6, 6.07) is 0. The molecule has 0 radical (unpaired) electrons. The lowest BCUT2D eigenvalue weighted by atomic mass is 10.4. The zero-order chi connectivity index (χ0) is 15.0. The van der Waals surface area contributed by atoms with Crippen molar-refractivity contribution in [1.29, 1.82) is 0 Å². The van der Waals surface area contributed by atoms with Crippen molar-refractivity contribution in [2.45, 2.75) is 33.2 Å². The second-order valence-electron chi connectivity index (χ2n) is 4.63. The van der Waals surface area contributed by atoms with Gasteiger partial charge in [0.15, 0.2) is 0 Å². The Bertz CT molecular complexity index is 487. The third-order valence-corrected chi connectivity index (χ3v) is 5.22. The number of aromatic nitrogens is 1. The van der Waals surface area contributed by atoms with Gasteiger partial charge < -0.3 is 5.32 Å². The average molecular weight is 320 g/mol. The van der Waals surface area contributed by atoms with E-state index in [0.29, 0.717) is 6.54 Å². The van der Waals surface area contributed by atoms with Crippen molar-refractivity contribution in [2.75, 3.05) is 26.7 Å². The van der Waals surface area contributed by atoms with Gasteiger partial charge >= 0.3 is 0 Å². The Hall–Kier alpha value is -0.540. The second-order valence-corrected chi connectivity index (χ2v) is 7.44. The summed E-state index contributed by atoms with van der Waals surface area (Å²) >= 11 is 1.46. The van der Waals surface area contributed by atoms with E-state index in [4.69, 9.17) is 0 Å². The van der Waals surface area contributed by atoms with Gasteiger partial charge in [0.1, 0.15) is 5.01 Å². The molecule has 20 heavy (non-hydrogen) atoms. The SMILES string of the molecule is CCCNCCCN(C)S(=O)(=O)NCc1nc(C)cs1. The lowest BCUT2D eigenvalue weighted by molar-refractivity contribution is 0.444. The molecule has 0 bridgehead atoms. The summed E-state index contributed by atoms with van der Waals surface area (Å²) in [5.74, 6) is 0. The Morgan fingerprint density at radius 3 is 2.75 bits per heavy atom. The van der Waals surface area contributed by atoms with Gasteiger partial charge in [0, 0.05) is 24.7 Å². The van der Waals surface area contributed by atoms with E-state index < -0.39 is 10.2 Å². The third-order valence-electron chi connectivity index (χ3n) is 2.74. The minimum absolute atomic E-state index is 0.249. The smallest absolute Gasteiger partial charge is 0.279 e. The van der Waals surface area contributed by atoms with Crippen LogP contribution in [-0.2, 0) is 16.8 Å². The van der Waals surface area contributed by atoms with Gasteiger partial charge in [-0.1, -0.05) is 6.92 Å². The lowest BCUT2D eigenvalue weighted by Crippen LogP contribution is -2.39. The number of hydrogen-bond acceptors (Lipinski definition) is 5. The Kier molecular flexibility index (Phi) is 7.60. The molecule has 0 saturated heterocycles. The quantitative estimate of drug-likeness (QED) is 0.633. The maximum absolute atomic E-state index is 12.0. The van der Waals surface area contributed by atoms with Crippen molar-refractivity contribution >= 4 is 21.5 Å². The number of hydrogen-bond donors (Lipinski definition) is 2. The predicted octanol–water partition coefficient (Wildman–Crippen LogP) is 1.11. The topological polar surface area (TPSA) is 74.3 Å². The standard InChI is InChI=1S/C12H24N4O2S2/c1-4-6-13-7-5-8-16(3)20(17,18)14-9-12-15-11(2)10-19-12/h10,13-14H,4-9H2,1-3H3. The van der Waals surface area contributed by atoms with Crippen molar-refractivity contribution in [3.05, 3.63) is 16.1 Å². The van der Waals surface area contributed by atoms with E-state index >= 15 is 0 Å². The zero-order valence-electron chi connectivity index (χ0n) is 12.3. The van der Waals surface area contributed by atoms with Gasteiger partial charge in [-0.2, -0.15) is 17.4 Å². The summed E-state index contributed by atoms with van der Waals surface area (Å²) in [6.45, 7) is 6.55. The van der Waals surface area contributed by atoms with Gasteiger partial charge in [-0.3, -0.25) is 0 Å². The minimum atomic E-state index is -3.42. The summed E-state index contributed by atoms with van der Waals surface area (Å²) in [6.07, 6.45) is 1.89. The minimum Gasteiger partial charge on any atom is -0.317 e. The maximum atomic E-state index is 12.0. The molecule has 0 unspecified atom stereocenters. The summed E-state index contributed by atoms with van der Waals surface area (Å²) < 4.78 is 27.9. The van der Waals surface area contributed by atoms with Crippen LogP contribution in [0.25, 0.3) is 0 Å². The molecule has 1 rings (SSSR count). The van der Waals surface area contributed by atoms with E-state index in [9.17, 15) is 8.42 Å². The molecule has 0 spiro atoms. The monoisotopic (exact) mass is 320 g/mol. The first-order chi connectivity index (χ1) is 9.45. The molecule has 0 amide bonds. The molecule has 6 nitrogen and oxygen atoms in total. The molecule has 0 aromatic carbocycles. The third kappa shape index (κ3) is 6.27. The van der Waals surface area contributed by atoms with Crippen LogP contribution in [-0.4, -0.2) is 44.4 Å². The molecule has 0 saturated carbocycles. The highest BCUT2D eigenvalue weighted by Crippen LogP contribution is 2.08. The Morgan fingerprint density at radius 1 is 1.40 bits per heavy atom. The van der Waals surface area contributed by atoms with Gasteiger partial charge in [0.05, 0.1) is 6.54 Å². The molecule has 8 heteroatoms. The molecule has 0 atom stereocenters. The van der Waals surface area contributed by atoms with Gasteiger partial charge in [-0.25, -0.2) is 4.98 Å². The van der Waals surface area contributed by atoms with E-state index in [-0.39, 0.29) is 6.54 Å². The molecular weight excluding hydrogens is 296 g/mol. The van der Waals surface area contributed by atoms with Crippen LogP contribution in [0.4, 0.5) is 0 Å². The molecule has 0 aliphatic rings. The Balaban J connectivity index is 2.31. The van der Waals surface area contributed by atoms with Crippen molar-refractivity contribution in [1.82, 2.24) is 19.3 Å². The number of nitrogens with zero attached hydrogens (tertiary/aromatic N) is 2. The van der Waals surface area contributed by atoms with Gasteiger partial charge in [0.2, 0.25) is 0 Å². The largest absolute Gasteiger partial charge is 0.317 e. The van der Waals surface area contributed by atoms with Crippen LogP contribution in [0.2, 0.25) is 0 Å². The summed E-state index contributed by atoms with van der Waals surface area (Å²) in [5.41, 5.74) is 0.916. The van der Waals surface area contributed by atoms with Crippen molar-refractivity contribution in [3.63, 3.8) is 0 Å². The molecule has 116 valence electrons. The van der Waals surface area contributed by atoms with Gasteiger partial charge in [-0.05, 0) is 32.9 Å². The molecule has 0 aliphatic heterocycles. The predicted molar refractivity (Wildman–Crippen MR) is 83.0 cm³/mol. The van der Waals surface area contributed by atoms with E-state index in [1.54, 1.807) is 7.05 Å². The van der Waals surface area contributed by atoms with Crippen LogP contribution in [0.3, 0.4) is 0 Å². The zero-order valence-corrected chi connectivity index (χ0v) is 14.0. The highest BCUT2D eigenvalue weighted by molar-refractivity contribution is 7.87. The van der Waals surface area contributed by atoms with Crippen LogP contribution in [0.15, 0.2) is 5.38 Å². The van der Waals surface area contributed by atoms with Crippen molar-refractivity contribution in [3.8, 4) is 0 Å². The normalized spacial score (nSPS) is 12.2.